The molecule has 1 fully saturated rings. The van der Waals surface area contributed by atoms with Gasteiger partial charge in [-0.3, -0.25) is 0 Å². The smallest absolute Gasteiger partial charge is 0.314 e. The maximum atomic E-state index is 11.2. The minimum atomic E-state index is -0.148. The maximum Gasteiger partial charge on any atom is 0.314 e. The lowest BCUT2D eigenvalue weighted by Crippen LogP contribution is -2.53. The molecule has 2 N–H and O–H groups in total. The Labute approximate surface area is 86.0 Å². The zero-order valence-corrected chi connectivity index (χ0v) is 9.39. The molecule has 1 saturated heterocycles. The van der Waals surface area contributed by atoms with Crippen LogP contribution in [0.25, 0.3) is 0 Å². The maximum absolute atomic E-state index is 11.2. The summed E-state index contributed by atoms with van der Waals surface area (Å²) in [7, 11) is 1.64. The summed E-state index contributed by atoms with van der Waals surface area (Å²) in [4.78, 5) is 13.6. The van der Waals surface area contributed by atoms with Crippen LogP contribution in [0.5, 0.6) is 0 Å². The SMILES string of the molecule is CNC(=O)NC(C)(C)CN1CCCC1. The van der Waals surface area contributed by atoms with Gasteiger partial charge in [0.2, 0.25) is 0 Å². The van der Waals surface area contributed by atoms with Crippen LogP contribution in [0.4, 0.5) is 4.79 Å². The second-order valence-corrected chi connectivity index (χ2v) is 4.57. The van der Waals surface area contributed by atoms with Crippen molar-refractivity contribution >= 4 is 6.03 Å². The normalized spacial score (nSPS) is 18.2. The van der Waals surface area contributed by atoms with Crippen LogP contribution >= 0.6 is 0 Å². The predicted octanol–water partition coefficient (Wildman–Crippen LogP) is 0.790. The number of carbonyl (C=O) groups excluding carboxylic acids is 1. The van der Waals surface area contributed by atoms with Crippen molar-refractivity contribution in [2.45, 2.75) is 32.2 Å². The van der Waals surface area contributed by atoms with Crippen LogP contribution < -0.4 is 10.6 Å². The highest BCUT2D eigenvalue weighted by molar-refractivity contribution is 5.74. The van der Waals surface area contributed by atoms with E-state index in [2.05, 4.69) is 29.4 Å². The largest absolute Gasteiger partial charge is 0.341 e. The van der Waals surface area contributed by atoms with E-state index in [1.54, 1.807) is 7.05 Å². The average molecular weight is 199 g/mol. The summed E-state index contributed by atoms with van der Waals surface area (Å²) in [6, 6.07) is -0.103. The number of rotatable bonds is 3. The zero-order valence-electron chi connectivity index (χ0n) is 9.39. The van der Waals surface area contributed by atoms with E-state index in [9.17, 15) is 4.79 Å². The minimum Gasteiger partial charge on any atom is -0.341 e. The Morgan fingerprint density at radius 1 is 1.36 bits per heavy atom. The molecule has 1 aliphatic rings. The van der Waals surface area contributed by atoms with Crippen molar-refractivity contribution in [3.63, 3.8) is 0 Å². The molecule has 1 aliphatic heterocycles. The standard InChI is InChI=1S/C10H21N3O/c1-10(2,12-9(14)11-3)8-13-6-4-5-7-13/h4-8H2,1-3H3,(H2,11,12,14). The minimum absolute atomic E-state index is 0.103. The fourth-order valence-corrected chi connectivity index (χ4v) is 1.91. The number of hydrogen-bond acceptors (Lipinski definition) is 2. The molecule has 1 heterocycles. The molecule has 0 spiro atoms. The Balaban J connectivity index is 2.35. The lowest BCUT2D eigenvalue weighted by molar-refractivity contribution is 0.210. The number of carbonyl (C=O) groups is 1. The highest BCUT2D eigenvalue weighted by Gasteiger charge is 2.24. The third-order valence-electron chi connectivity index (χ3n) is 2.50. The van der Waals surface area contributed by atoms with Gasteiger partial charge in [-0.2, -0.15) is 0 Å². The molecule has 14 heavy (non-hydrogen) atoms. The fourth-order valence-electron chi connectivity index (χ4n) is 1.91. The number of likely N-dealkylation sites (tertiary alicyclic amines) is 1. The molecule has 4 heteroatoms. The molecular weight excluding hydrogens is 178 g/mol. The Kier molecular flexibility index (Phi) is 3.75. The van der Waals surface area contributed by atoms with Gasteiger partial charge in [-0.15, -0.1) is 0 Å². The number of nitrogens with one attached hydrogen (secondary N) is 2. The lowest BCUT2D eigenvalue weighted by atomic mass is 10.1. The summed E-state index contributed by atoms with van der Waals surface area (Å²) in [5, 5.41) is 5.52. The van der Waals surface area contributed by atoms with Gasteiger partial charge in [-0.1, -0.05) is 0 Å². The van der Waals surface area contributed by atoms with Crippen molar-refractivity contribution in [1.29, 1.82) is 0 Å². The van der Waals surface area contributed by atoms with Gasteiger partial charge in [-0.25, -0.2) is 4.79 Å². The summed E-state index contributed by atoms with van der Waals surface area (Å²) >= 11 is 0. The average Bonchev–Trinajstić information content (AvgIpc) is 2.54. The van der Waals surface area contributed by atoms with E-state index < -0.39 is 0 Å². The molecule has 0 radical (unpaired) electrons. The molecule has 0 aromatic heterocycles. The van der Waals surface area contributed by atoms with E-state index in [-0.39, 0.29) is 11.6 Å². The van der Waals surface area contributed by atoms with Crippen molar-refractivity contribution in [3.8, 4) is 0 Å². The third kappa shape index (κ3) is 3.54. The van der Waals surface area contributed by atoms with Gasteiger partial charge in [0.15, 0.2) is 0 Å². The second-order valence-electron chi connectivity index (χ2n) is 4.57. The first-order valence-electron chi connectivity index (χ1n) is 5.26. The van der Waals surface area contributed by atoms with Gasteiger partial charge >= 0.3 is 6.03 Å². The number of hydrogen-bond donors (Lipinski definition) is 2. The van der Waals surface area contributed by atoms with Gasteiger partial charge in [0.25, 0.3) is 0 Å². The highest BCUT2D eigenvalue weighted by Crippen LogP contribution is 2.12. The van der Waals surface area contributed by atoms with E-state index in [1.165, 1.54) is 25.9 Å². The highest BCUT2D eigenvalue weighted by atomic mass is 16.2. The van der Waals surface area contributed by atoms with Crippen LogP contribution in [0.2, 0.25) is 0 Å². The molecule has 4 nitrogen and oxygen atoms in total. The van der Waals surface area contributed by atoms with Crippen molar-refractivity contribution in [2.24, 2.45) is 0 Å². The number of urea groups is 1. The molecule has 0 atom stereocenters. The Morgan fingerprint density at radius 2 is 1.93 bits per heavy atom. The van der Waals surface area contributed by atoms with Crippen LogP contribution in [0, 0.1) is 0 Å². The fraction of sp³-hybridized carbons (Fsp3) is 0.900. The first-order valence-corrected chi connectivity index (χ1v) is 5.26. The number of nitrogens with zero attached hydrogens (tertiary/aromatic N) is 1. The number of amides is 2. The van der Waals surface area contributed by atoms with E-state index in [0.29, 0.717) is 0 Å². The van der Waals surface area contributed by atoms with Crippen molar-refractivity contribution in [3.05, 3.63) is 0 Å². The molecule has 0 aliphatic carbocycles. The third-order valence-corrected chi connectivity index (χ3v) is 2.50. The Morgan fingerprint density at radius 3 is 2.43 bits per heavy atom. The van der Waals surface area contributed by atoms with Crippen molar-refractivity contribution in [2.75, 3.05) is 26.7 Å². The zero-order chi connectivity index (χ0) is 10.6. The molecule has 0 saturated carbocycles. The molecule has 1 rings (SSSR count). The topological polar surface area (TPSA) is 44.4 Å². The molecule has 0 bridgehead atoms. The Bertz CT molecular complexity index is 198. The first-order chi connectivity index (χ1) is 6.53. The molecule has 82 valence electrons. The van der Waals surface area contributed by atoms with Crippen LogP contribution in [-0.4, -0.2) is 43.2 Å². The van der Waals surface area contributed by atoms with Crippen LogP contribution in [-0.2, 0) is 0 Å². The van der Waals surface area contributed by atoms with E-state index in [0.717, 1.165) is 6.54 Å². The molecular formula is C10H21N3O. The summed E-state index contributed by atoms with van der Waals surface area (Å²) < 4.78 is 0. The van der Waals surface area contributed by atoms with Gasteiger partial charge in [0.05, 0.1) is 0 Å². The van der Waals surface area contributed by atoms with Crippen LogP contribution in [0.15, 0.2) is 0 Å². The second kappa shape index (κ2) is 4.64. The van der Waals surface area contributed by atoms with E-state index in [4.69, 9.17) is 0 Å². The van der Waals surface area contributed by atoms with Crippen LogP contribution in [0.3, 0.4) is 0 Å². The lowest BCUT2D eigenvalue weighted by Gasteiger charge is -2.30. The predicted molar refractivity (Wildman–Crippen MR) is 57.3 cm³/mol. The Hall–Kier alpha value is -0.770. The molecule has 2 amide bonds. The summed E-state index contributed by atoms with van der Waals surface area (Å²) in [5.74, 6) is 0. The summed E-state index contributed by atoms with van der Waals surface area (Å²) in [5.41, 5.74) is -0.148. The molecule has 0 aromatic carbocycles. The van der Waals surface area contributed by atoms with Gasteiger partial charge in [0.1, 0.15) is 0 Å². The van der Waals surface area contributed by atoms with Crippen molar-refractivity contribution in [1.82, 2.24) is 15.5 Å². The summed E-state index contributed by atoms with van der Waals surface area (Å²) in [6.45, 7) is 7.37. The van der Waals surface area contributed by atoms with E-state index in [1.807, 2.05) is 0 Å². The van der Waals surface area contributed by atoms with Crippen molar-refractivity contribution < 1.29 is 4.79 Å². The summed E-state index contributed by atoms with van der Waals surface area (Å²) in [6.07, 6.45) is 2.58. The monoisotopic (exact) mass is 199 g/mol. The van der Waals surface area contributed by atoms with Crippen LogP contribution in [0.1, 0.15) is 26.7 Å². The van der Waals surface area contributed by atoms with Gasteiger partial charge in [-0.05, 0) is 39.8 Å². The quantitative estimate of drug-likeness (QED) is 0.706. The molecule has 0 aromatic rings. The van der Waals surface area contributed by atoms with Gasteiger partial charge < -0.3 is 15.5 Å². The van der Waals surface area contributed by atoms with E-state index >= 15 is 0 Å². The first kappa shape index (κ1) is 11.3. The van der Waals surface area contributed by atoms with Gasteiger partial charge in [0, 0.05) is 19.1 Å². The molecule has 0 unspecified atom stereocenters.